The molecule has 1 amide bonds. The fourth-order valence-electron chi connectivity index (χ4n) is 3.65. The van der Waals surface area contributed by atoms with E-state index >= 15 is 0 Å². The highest BCUT2D eigenvalue weighted by Crippen LogP contribution is 2.49. The quantitative estimate of drug-likeness (QED) is 0.668. The predicted molar refractivity (Wildman–Crippen MR) is 107 cm³/mol. The fraction of sp³-hybridized carbons (Fsp3) is 0.632. The summed E-state index contributed by atoms with van der Waals surface area (Å²) in [5, 5.41) is 9.45. The fourth-order valence-corrected chi connectivity index (χ4v) is 4.95. The smallest absolute Gasteiger partial charge is 0.337 e. The Morgan fingerprint density at radius 1 is 1.24 bits per heavy atom. The second-order valence-corrected chi connectivity index (χ2v) is 10.7. The molecule has 2 fully saturated rings. The number of hydrogen-bond acceptors (Lipinski definition) is 8. The third-order valence-corrected chi connectivity index (χ3v) is 7.47. The molecule has 3 heterocycles. The van der Waals surface area contributed by atoms with Crippen molar-refractivity contribution in [3.8, 4) is 0 Å². The van der Waals surface area contributed by atoms with E-state index in [4.69, 9.17) is 9.25 Å². The number of aryl methyl sites for hydroxylation is 1. The molecule has 2 aliphatic heterocycles. The minimum Gasteiger partial charge on any atom is -0.406 e. The molecule has 1 atom stereocenters. The van der Waals surface area contributed by atoms with Crippen LogP contribution in [-0.4, -0.2) is 37.9 Å². The number of nitrogens with zero attached hydrogens (tertiary/aromatic N) is 1. The van der Waals surface area contributed by atoms with Crippen molar-refractivity contribution in [1.82, 2.24) is 5.32 Å². The number of amides is 1. The van der Waals surface area contributed by atoms with Crippen LogP contribution in [0.4, 0.5) is 5.88 Å². The van der Waals surface area contributed by atoms with Crippen LogP contribution in [0.3, 0.4) is 0 Å². The Bertz CT molecular complexity index is 993. The van der Waals surface area contributed by atoms with Crippen LogP contribution in [0.25, 0.3) is 0 Å². The minimum absolute atomic E-state index is 0.0414. The lowest BCUT2D eigenvalue weighted by molar-refractivity contribution is 0.0416. The van der Waals surface area contributed by atoms with E-state index in [0.29, 0.717) is 41.5 Å². The average molecular weight is 423 g/mol. The van der Waals surface area contributed by atoms with E-state index < -0.39 is 27.7 Å². The van der Waals surface area contributed by atoms with Crippen LogP contribution in [0.15, 0.2) is 20.4 Å². The van der Waals surface area contributed by atoms with Crippen LogP contribution in [0.5, 0.6) is 0 Å². The lowest BCUT2D eigenvalue weighted by Gasteiger charge is -2.26. The molecule has 1 aromatic heterocycles. The van der Waals surface area contributed by atoms with Crippen molar-refractivity contribution in [2.24, 2.45) is 10.6 Å². The Balaban J connectivity index is 1.43. The number of fused-ring (bicyclic) bond motifs is 1. The number of anilines is 1. The second kappa shape index (κ2) is 7.47. The van der Waals surface area contributed by atoms with Gasteiger partial charge in [-0.15, -0.1) is 0 Å². The molecule has 9 nitrogen and oxygen atoms in total. The summed E-state index contributed by atoms with van der Waals surface area (Å²) in [5.74, 6) is -0.239. The molecule has 29 heavy (non-hydrogen) atoms. The van der Waals surface area contributed by atoms with E-state index in [2.05, 4.69) is 22.7 Å². The maximum atomic E-state index is 12.6. The lowest BCUT2D eigenvalue weighted by Crippen LogP contribution is -2.47. The zero-order valence-electron chi connectivity index (χ0n) is 16.3. The van der Waals surface area contributed by atoms with Gasteiger partial charge in [0.25, 0.3) is 12.3 Å². The molecule has 3 aliphatic rings. The van der Waals surface area contributed by atoms with Crippen molar-refractivity contribution < 1.29 is 22.5 Å². The summed E-state index contributed by atoms with van der Waals surface area (Å²) in [5.41, 5.74) is 1.48. The van der Waals surface area contributed by atoms with Crippen molar-refractivity contribution in [1.29, 1.82) is 0 Å². The first-order valence-electron chi connectivity index (χ1n) is 9.90. The maximum absolute atomic E-state index is 12.6. The summed E-state index contributed by atoms with van der Waals surface area (Å²) >= 11 is 0. The van der Waals surface area contributed by atoms with Crippen LogP contribution >= 0.6 is 0 Å². The number of oxime groups is 1. The van der Waals surface area contributed by atoms with E-state index in [-0.39, 0.29) is 17.4 Å². The summed E-state index contributed by atoms with van der Waals surface area (Å²) in [6, 6.07) is 1.37. The Morgan fingerprint density at radius 2 is 1.97 bits per heavy atom. The van der Waals surface area contributed by atoms with Gasteiger partial charge in [0.15, 0.2) is 9.84 Å². The average Bonchev–Trinajstić information content (AvgIpc) is 3.37. The first-order chi connectivity index (χ1) is 13.7. The van der Waals surface area contributed by atoms with Crippen molar-refractivity contribution >= 4 is 27.3 Å². The number of hydrogen-bond donors (Lipinski definition) is 2. The summed E-state index contributed by atoms with van der Waals surface area (Å²) in [7, 11) is -3.00. The van der Waals surface area contributed by atoms with Crippen molar-refractivity contribution in [3.05, 3.63) is 27.6 Å². The van der Waals surface area contributed by atoms with Gasteiger partial charge < -0.3 is 14.6 Å². The monoisotopic (exact) mass is 423 g/mol. The predicted octanol–water partition coefficient (Wildman–Crippen LogP) is 1.78. The van der Waals surface area contributed by atoms with Gasteiger partial charge in [-0.2, -0.15) is 0 Å². The third kappa shape index (κ3) is 4.80. The molecule has 0 aromatic carbocycles. The highest BCUT2D eigenvalue weighted by atomic mass is 32.2. The van der Waals surface area contributed by atoms with E-state index in [1.54, 1.807) is 0 Å². The van der Waals surface area contributed by atoms with Gasteiger partial charge in [-0.25, -0.2) is 13.2 Å². The van der Waals surface area contributed by atoms with Crippen LogP contribution in [0.1, 0.15) is 61.4 Å². The van der Waals surface area contributed by atoms with Crippen molar-refractivity contribution in [2.75, 3.05) is 16.8 Å². The Labute approximate surface area is 168 Å². The van der Waals surface area contributed by atoms with Gasteiger partial charge in [-0.3, -0.25) is 10.1 Å². The maximum Gasteiger partial charge on any atom is 0.337 e. The zero-order valence-corrected chi connectivity index (χ0v) is 17.1. The van der Waals surface area contributed by atoms with Gasteiger partial charge in [-0.05, 0) is 43.1 Å². The summed E-state index contributed by atoms with van der Waals surface area (Å²) in [6.07, 6.45) is 4.67. The third-order valence-electron chi connectivity index (χ3n) is 5.81. The molecule has 158 valence electrons. The molecular formula is C19H25N3O6S. The molecule has 4 rings (SSSR count). The van der Waals surface area contributed by atoms with Gasteiger partial charge in [0, 0.05) is 18.9 Å². The number of carbonyl (C=O) groups is 1. The van der Waals surface area contributed by atoms with E-state index in [0.717, 1.165) is 12.8 Å². The highest BCUT2D eigenvalue weighted by molar-refractivity contribution is 7.91. The SMILES string of the molecule is CC1(CCCc2cc(=O)oc3c2C(=O)NC(ON=C2CCS(=O)(=O)CC2)N3)CC1. The molecule has 0 spiro atoms. The van der Waals surface area contributed by atoms with E-state index in [1.807, 2.05) is 0 Å². The number of rotatable bonds is 6. The number of sulfone groups is 1. The van der Waals surface area contributed by atoms with Gasteiger partial charge in [0.1, 0.15) is 5.56 Å². The zero-order chi connectivity index (χ0) is 20.6. The number of nitrogens with one attached hydrogen (secondary N) is 2. The molecule has 1 aromatic rings. The summed E-state index contributed by atoms with van der Waals surface area (Å²) in [6.45, 7) is 2.25. The van der Waals surface area contributed by atoms with Crippen LogP contribution in [0, 0.1) is 5.41 Å². The molecule has 1 aliphatic carbocycles. The molecule has 1 unspecified atom stereocenters. The topological polar surface area (TPSA) is 127 Å². The van der Waals surface area contributed by atoms with Gasteiger partial charge in [-0.1, -0.05) is 12.1 Å². The summed E-state index contributed by atoms with van der Waals surface area (Å²) in [4.78, 5) is 29.9. The van der Waals surface area contributed by atoms with Crippen molar-refractivity contribution in [2.45, 2.75) is 58.2 Å². The first kappa shape index (κ1) is 19.9. The van der Waals surface area contributed by atoms with Gasteiger partial charge in [0.05, 0.1) is 17.2 Å². The molecule has 1 saturated heterocycles. The normalized spacial score (nSPS) is 24.1. The van der Waals surface area contributed by atoms with Crippen LogP contribution < -0.4 is 16.3 Å². The van der Waals surface area contributed by atoms with E-state index in [9.17, 15) is 18.0 Å². The molecular weight excluding hydrogens is 398 g/mol. The molecule has 0 radical (unpaired) electrons. The molecule has 0 bridgehead atoms. The van der Waals surface area contributed by atoms with Crippen molar-refractivity contribution in [3.63, 3.8) is 0 Å². The van der Waals surface area contributed by atoms with Crippen LogP contribution in [0.2, 0.25) is 0 Å². The lowest BCUT2D eigenvalue weighted by atomic mass is 9.97. The number of carbonyl (C=O) groups excluding carboxylic acids is 1. The van der Waals surface area contributed by atoms with Gasteiger partial charge >= 0.3 is 5.63 Å². The summed E-state index contributed by atoms with van der Waals surface area (Å²) < 4.78 is 28.1. The molecule has 2 N–H and O–H groups in total. The highest BCUT2D eigenvalue weighted by Gasteiger charge is 2.36. The largest absolute Gasteiger partial charge is 0.406 e. The van der Waals surface area contributed by atoms with E-state index in [1.165, 1.54) is 18.9 Å². The molecule has 1 saturated carbocycles. The molecule has 10 heteroatoms. The van der Waals surface area contributed by atoms with Crippen LogP contribution in [-0.2, 0) is 21.1 Å². The Hall–Kier alpha value is -2.36. The minimum atomic E-state index is -3.00. The second-order valence-electron chi connectivity index (χ2n) is 8.37. The standard InChI is InChI=1S/C19H25N3O6S/c1-19(7-8-19)6-2-3-12-11-14(23)27-17-15(12)16(24)20-18(21-17)28-22-13-4-9-29(25,26)10-5-13/h11,18,21H,2-10H2,1H3,(H,20,24). The Morgan fingerprint density at radius 3 is 2.66 bits per heavy atom. The first-order valence-corrected chi connectivity index (χ1v) is 11.7. The Kier molecular flexibility index (Phi) is 5.14. The van der Waals surface area contributed by atoms with Gasteiger partial charge in [0.2, 0.25) is 5.88 Å².